The van der Waals surface area contributed by atoms with Crippen LogP contribution in [0.25, 0.3) is 6.08 Å². The third-order valence-electron chi connectivity index (χ3n) is 6.28. The standard InChI is InChI=1S/C28H27N3O3S/c1-34-24-13-7-5-11-22(24)29-15-17-30(18-16-29)27(32)20-31-23-12-6-8-14-25(23)35-26(28(31)33)19-21-9-3-2-4-10-21/h2-14,19H,15-18,20H2,1H3. The second-order valence-electron chi connectivity index (χ2n) is 8.42. The minimum atomic E-state index is -0.140. The van der Waals surface area contributed by atoms with E-state index in [4.69, 9.17) is 4.74 Å². The molecule has 0 N–H and O–H groups in total. The molecule has 0 spiro atoms. The van der Waals surface area contributed by atoms with Gasteiger partial charge in [0.15, 0.2) is 0 Å². The van der Waals surface area contributed by atoms with Crippen LogP contribution in [0.15, 0.2) is 88.7 Å². The second-order valence-corrected chi connectivity index (χ2v) is 9.50. The van der Waals surface area contributed by atoms with E-state index in [9.17, 15) is 9.59 Å². The lowest BCUT2D eigenvalue weighted by Gasteiger charge is -2.38. The van der Waals surface area contributed by atoms with Gasteiger partial charge in [-0.25, -0.2) is 0 Å². The molecule has 3 aromatic rings. The van der Waals surface area contributed by atoms with Gasteiger partial charge in [-0.15, -0.1) is 0 Å². The fourth-order valence-electron chi connectivity index (χ4n) is 4.44. The zero-order chi connectivity index (χ0) is 24.2. The number of rotatable bonds is 5. The summed E-state index contributed by atoms with van der Waals surface area (Å²) >= 11 is 1.45. The first-order valence-corrected chi connectivity index (χ1v) is 12.5. The van der Waals surface area contributed by atoms with Gasteiger partial charge in [0.1, 0.15) is 12.3 Å². The Morgan fingerprint density at radius 2 is 1.54 bits per heavy atom. The van der Waals surface area contributed by atoms with Crippen LogP contribution in [-0.2, 0) is 9.59 Å². The van der Waals surface area contributed by atoms with Crippen LogP contribution in [0.5, 0.6) is 5.75 Å². The average molecular weight is 486 g/mol. The highest BCUT2D eigenvalue weighted by Gasteiger charge is 2.32. The van der Waals surface area contributed by atoms with Crippen molar-refractivity contribution in [1.29, 1.82) is 0 Å². The van der Waals surface area contributed by atoms with Crippen LogP contribution in [0, 0.1) is 0 Å². The Morgan fingerprint density at radius 3 is 2.29 bits per heavy atom. The highest BCUT2D eigenvalue weighted by molar-refractivity contribution is 8.04. The predicted molar refractivity (Wildman–Crippen MR) is 141 cm³/mol. The normalized spacial score (nSPS) is 16.9. The molecule has 7 heteroatoms. The molecule has 35 heavy (non-hydrogen) atoms. The van der Waals surface area contributed by atoms with Crippen LogP contribution in [0.2, 0.25) is 0 Å². The van der Waals surface area contributed by atoms with E-state index in [-0.39, 0.29) is 18.4 Å². The molecule has 178 valence electrons. The minimum absolute atomic E-state index is 0.0250. The summed E-state index contributed by atoms with van der Waals surface area (Å²) in [6.07, 6.45) is 1.90. The number of methoxy groups -OCH3 is 1. The molecule has 0 bridgehead atoms. The van der Waals surface area contributed by atoms with Gasteiger partial charge in [0.05, 0.1) is 23.4 Å². The molecule has 2 heterocycles. The Labute approximate surface area is 209 Å². The highest BCUT2D eigenvalue weighted by atomic mass is 32.2. The molecule has 2 aliphatic rings. The van der Waals surface area contributed by atoms with E-state index < -0.39 is 0 Å². The van der Waals surface area contributed by atoms with Crippen molar-refractivity contribution in [3.63, 3.8) is 0 Å². The lowest BCUT2D eigenvalue weighted by atomic mass is 10.2. The van der Waals surface area contributed by atoms with Gasteiger partial charge in [-0.3, -0.25) is 14.5 Å². The van der Waals surface area contributed by atoms with Crippen molar-refractivity contribution in [2.45, 2.75) is 4.90 Å². The Morgan fingerprint density at radius 1 is 0.886 bits per heavy atom. The number of piperazine rings is 1. The summed E-state index contributed by atoms with van der Waals surface area (Å²) in [4.78, 5) is 34.1. The van der Waals surface area contributed by atoms with Crippen LogP contribution in [-0.4, -0.2) is 56.5 Å². The number of fused-ring (bicyclic) bond motifs is 1. The minimum Gasteiger partial charge on any atom is -0.495 e. The molecule has 0 saturated carbocycles. The summed E-state index contributed by atoms with van der Waals surface area (Å²) in [5, 5.41) is 0. The first-order chi connectivity index (χ1) is 17.1. The van der Waals surface area contributed by atoms with Gasteiger partial charge in [0.25, 0.3) is 5.91 Å². The quantitative estimate of drug-likeness (QED) is 0.498. The maximum atomic E-state index is 13.5. The molecular weight excluding hydrogens is 458 g/mol. The van der Waals surface area contributed by atoms with Crippen molar-refractivity contribution in [3.05, 3.63) is 89.3 Å². The first-order valence-electron chi connectivity index (χ1n) is 11.7. The Kier molecular flexibility index (Phi) is 6.77. The molecule has 0 radical (unpaired) electrons. The molecule has 1 fully saturated rings. The van der Waals surface area contributed by atoms with Crippen molar-refractivity contribution < 1.29 is 14.3 Å². The lowest BCUT2D eigenvalue weighted by molar-refractivity contribution is -0.131. The van der Waals surface area contributed by atoms with Crippen molar-refractivity contribution in [2.24, 2.45) is 0 Å². The molecule has 0 unspecified atom stereocenters. The van der Waals surface area contributed by atoms with E-state index >= 15 is 0 Å². The van der Waals surface area contributed by atoms with Gasteiger partial charge in [-0.2, -0.15) is 0 Å². The van der Waals surface area contributed by atoms with E-state index in [0.717, 1.165) is 27.6 Å². The monoisotopic (exact) mass is 485 g/mol. The zero-order valence-corrected chi connectivity index (χ0v) is 20.4. The number of ether oxygens (including phenoxy) is 1. The largest absolute Gasteiger partial charge is 0.495 e. The highest BCUT2D eigenvalue weighted by Crippen LogP contribution is 2.42. The van der Waals surface area contributed by atoms with Gasteiger partial charge in [0.2, 0.25) is 5.91 Å². The van der Waals surface area contributed by atoms with Crippen molar-refractivity contribution in [1.82, 2.24) is 4.90 Å². The lowest BCUT2D eigenvalue weighted by Crippen LogP contribution is -2.52. The third-order valence-corrected chi connectivity index (χ3v) is 7.36. The molecule has 3 aromatic carbocycles. The van der Waals surface area contributed by atoms with E-state index in [2.05, 4.69) is 4.90 Å². The van der Waals surface area contributed by atoms with Crippen LogP contribution in [0.3, 0.4) is 0 Å². The summed E-state index contributed by atoms with van der Waals surface area (Å²) < 4.78 is 5.50. The summed E-state index contributed by atoms with van der Waals surface area (Å²) in [5.74, 6) is 0.649. The van der Waals surface area contributed by atoms with Gasteiger partial charge in [0, 0.05) is 31.1 Å². The van der Waals surface area contributed by atoms with Crippen molar-refractivity contribution in [2.75, 3.05) is 49.6 Å². The Bertz CT molecular complexity index is 1250. The average Bonchev–Trinajstić information content (AvgIpc) is 2.91. The number of benzene rings is 3. The number of para-hydroxylation sites is 3. The summed E-state index contributed by atoms with van der Waals surface area (Å²) in [6, 6.07) is 25.5. The number of amides is 2. The number of hydrogen-bond acceptors (Lipinski definition) is 5. The third kappa shape index (κ3) is 4.91. The van der Waals surface area contributed by atoms with Crippen LogP contribution >= 0.6 is 11.8 Å². The summed E-state index contributed by atoms with van der Waals surface area (Å²) in [7, 11) is 1.67. The Hall–Kier alpha value is -3.71. The number of carbonyl (C=O) groups excluding carboxylic acids is 2. The van der Waals surface area contributed by atoms with E-state index in [1.807, 2.05) is 89.8 Å². The molecular formula is C28H27N3O3S. The molecule has 0 aromatic heterocycles. The van der Waals surface area contributed by atoms with E-state index in [1.165, 1.54) is 11.8 Å². The summed E-state index contributed by atoms with van der Waals surface area (Å²) in [6.45, 7) is 2.65. The van der Waals surface area contributed by atoms with E-state index in [0.29, 0.717) is 31.1 Å². The fourth-order valence-corrected chi connectivity index (χ4v) is 5.50. The molecule has 0 atom stereocenters. The SMILES string of the molecule is COc1ccccc1N1CCN(C(=O)CN2C(=O)C(=Cc3ccccc3)Sc3ccccc32)CC1. The number of anilines is 2. The number of carbonyl (C=O) groups is 2. The second kappa shape index (κ2) is 10.3. The smallest absolute Gasteiger partial charge is 0.265 e. The molecule has 2 amide bonds. The topological polar surface area (TPSA) is 53.1 Å². The number of thioether (sulfide) groups is 1. The first kappa shape index (κ1) is 23.1. The van der Waals surface area contributed by atoms with Crippen LogP contribution < -0.4 is 14.5 Å². The van der Waals surface area contributed by atoms with Gasteiger partial charge in [-0.1, -0.05) is 66.4 Å². The van der Waals surface area contributed by atoms with Gasteiger partial charge in [-0.05, 0) is 35.9 Å². The number of hydrogen-bond donors (Lipinski definition) is 0. The molecule has 5 rings (SSSR count). The predicted octanol–water partition coefficient (Wildman–Crippen LogP) is 4.52. The van der Waals surface area contributed by atoms with E-state index in [1.54, 1.807) is 12.0 Å². The molecule has 6 nitrogen and oxygen atoms in total. The maximum Gasteiger partial charge on any atom is 0.265 e. The molecule has 2 aliphatic heterocycles. The Balaban J connectivity index is 1.31. The number of nitrogens with zero attached hydrogens (tertiary/aromatic N) is 3. The molecule has 0 aliphatic carbocycles. The summed E-state index contributed by atoms with van der Waals surface area (Å²) in [5.41, 5.74) is 2.78. The zero-order valence-electron chi connectivity index (χ0n) is 19.6. The fraction of sp³-hybridized carbons (Fsp3) is 0.214. The maximum absolute atomic E-state index is 13.5. The van der Waals surface area contributed by atoms with Crippen molar-refractivity contribution in [3.8, 4) is 5.75 Å². The van der Waals surface area contributed by atoms with Crippen molar-refractivity contribution >= 4 is 41.0 Å². The van der Waals surface area contributed by atoms with Crippen LogP contribution in [0.4, 0.5) is 11.4 Å². The van der Waals surface area contributed by atoms with Gasteiger partial charge < -0.3 is 14.5 Å². The molecule has 1 saturated heterocycles. The van der Waals surface area contributed by atoms with Crippen LogP contribution in [0.1, 0.15) is 5.56 Å². The van der Waals surface area contributed by atoms with Gasteiger partial charge >= 0.3 is 0 Å².